The lowest BCUT2D eigenvalue weighted by Crippen LogP contribution is -2.38. The number of aliphatic carboxylic acids is 1. The number of carboxylic acids is 1. The Kier molecular flexibility index (Phi) is 8.72. The molecule has 0 aliphatic heterocycles. The van der Waals surface area contributed by atoms with Crippen LogP contribution in [0.25, 0.3) is 0 Å². The molecule has 1 N–H and O–H groups in total. The number of rotatable bonds is 10. The highest BCUT2D eigenvalue weighted by Gasteiger charge is 2.15. The fourth-order valence-electron chi connectivity index (χ4n) is 1.73. The van der Waals surface area contributed by atoms with Crippen molar-refractivity contribution in [3.8, 4) is 0 Å². The van der Waals surface area contributed by atoms with E-state index in [1.54, 1.807) is 6.92 Å². The van der Waals surface area contributed by atoms with Crippen molar-refractivity contribution in [1.82, 2.24) is 9.80 Å². The first-order chi connectivity index (χ1) is 8.04. The second-order valence-electron chi connectivity index (χ2n) is 4.31. The molecule has 0 saturated heterocycles. The Morgan fingerprint density at radius 1 is 1.29 bits per heavy atom. The van der Waals surface area contributed by atoms with Gasteiger partial charge in [0.15, 0.2) is 0 Å². The summed E-state index contributed by atoms with van der Waals surface area (Å²) in [4.78, 5) is 15.3. The van der Waals surface area contributed by atoms with Crippen LogP contribution in [-0.2, 0) is 4.79 Å². The van der Waals surface area contributed by atoms with E-state index in [1.807, 2.05) is 6.08 Å². The highest BCUT2D eigenvalue weighted by Crippen LogP contribution is 2.01. The van der Waals surface area contributed by atoms with Crippen LogP contribution in [0.2, 0.25) is 0 Å². The molecule has 0 aliphatic carbocycles. The third-order valence-corrected chi connectivity index (χ3v) is 2.97. The molecule has 0 rings (SSSR count). The summed E-state index contributed by atoms with van der Waals surface area (Å²) >= 11 is 0. The van der Waals surface area contributed by atoms with Crippen LogP contribution in [0.1, 0.15) is 20.8 Å². The molecule has 0 bridgehead atoms. The SMILES string of the molecule is C=CCN(CCN(CC)CC)CC(C)C(=O)O. The number of carboxylic acid groups (broad SMARTS) is 1. The molecule has 1 unspecified atom stereocenters. The fraction of sp³-hybridized carbons (Fsp3) is 0.769. The Hall–Kier alpha value is -0.870. The standard InChI is InChI=1S/C13H26N2O2/c1-5-8-15(11-12(4)13(16)17)10-9-14(6-2)7-3/h5,12H,1,6-11H2,2-4H3,(H,16,17). The third-order valence-electron chi connectivity index (χ3n) is 2.97. The van der Waals surface area contributed by atoms with Crippen LogP contribution in [0.15, 0.2) is 12.7 Å². The van der Waals surface area contributed by atoms with E-state index in [2.05, 4.69) is 30.2 Å². The van der Waals surface area contributed by atoms with E-state index in [0.29, 0.717) is 6.54 Å². The van der Waals surface area contributed by atoms with Crippen molar-refractivity contribution in [3.05, 3.63) is 12.7 Å². The highest BCUT2D eigenvalue weighted by atomic mass is 16.4. The molecular formula is C13H26N2O2. The molecule has 100 valence electrons. The Labute approximate surface area is 105 Å². The number of hydrogen-bond donors (Lipinski definition) is 1. The van der Waals surface area contributed by atoms with Crippen molar-refractivity contribution in [1.29, 1.82) is 0 Å². The fourth-order valence-corrected chi connectivity index (χ4v) is 1.73. The predicted molar refractivity (Wildman–Crippen MR) is 71.2 cm³/mol. The third kappa shape index (κ3) is 7.13. The summed E-state index contributed by atoms with van der Waals surface area (Å²) in [5, 5.41) is 8.91. The summed E-state index contributed by atoms with van der Waals surface area (Å²) in [5.74, 6) is -1.06. The zero-order valence-corrected chi connectivity index (χ0v) is 11.4. The van der Waals surface area contributed by atoms with Crippen LogP contribution >= 0.6 is 0 Å². The molecule has 0 aromatic carbocycles. The second-order valence-corrected chi connectivity index (χ2v) is 4.31. The molecule has 0 saturated carbocycles. The first-order valence-corrected chi connectivity index (χ1v) is 6.33. The maximum Gasteiger partial charge on any atom is 0.307 e. The van der Waals surface area contributed by atoms with E-state index in [-0.39, 0.29) is 5.92 Å². The number of hydrogen-bond acceptors (Lipinski definition) is 3. The minimum atomic E-state index is -0.734. The van der Waals surface area contributed by atoms with Gasteiger partial charge in [0.2, 0.25) is 0 Å². The molecular weight excluding hydrogens is 216 g/mol. The van der Waals surface area contributed by atoms with Gasteiger partial charge in [-0.25, -0.2) is 0 Å². The summed E-state index contributed by atoms with van der Waals surface area (Å²) in [7, 11) is 0. The molecule has 0 heterocycles. The first-order valence-electron chi connectivity index (χ1n) is 6.33. The zero-order chi connectivity index (χ0) is 13.3. The van der Waals surface area contributed by atoms with Gasteiger partial charge in [-0.3, -0.25) is 9.69 Å². The minimum absolute atomic E-state index is 0.327. The molecule has 17 heavy (non-hydrogen) atoms. The number of nitrogens with zero attached hydrogens (tertiary/aromatic N) is 2. The highest BCUT2D eigenvalue weighted by molar-refractivity contribution is 5.69. The Bertz CT molecular complexity index is 227. The number of carbonyl (C=O) groups is 1. The van der Waals surface area contributed by atoms with Gasteiger partial charge in [-0.05, 0) is 13.1 Å². The van der Waals surface area contributed by atoms with E-state index in [1.165, 1.54) is 0 Å². The predicted octanol–water partition coefficient (Wildman–Crippen LogP) is 1.54. The van der Waals surface area contributed by atoms with E-state index >= 15 is 0 Å². The summed E-state index contributed by atoms with van der Waals surface area (Å²) in [6.45, 7) is 15.0. The summed E-state index contributed by atoms with van der Waals surface area (Å²) in [6.07, 6.45) is 1.83. The van der Waals surface area contributed by atoms with Gasteiger partial charge in [0.25, 0.3) is 0 Å². The molecule has 0 spiro atoms. The average molecular weight is 242 g/mol. The van der Waals surface area contributed by atoms with Crippen LogP contribution in [0, 0.1) is 5.92 Å². The zero-order valence-electron chi connectivity index (χ0n) is 11.4. The average Bonchev–Trinajstić information content (AvgIpc) is 2.30. The minimum Gasteiger partial charge on any atom is -0.481 e. The van der Waals surface area contributed by atoms with Crippen molar-refractivity contribution in [2.45, 2.75) is 20.8 Å². The molecule has 0 fully saturated rings. The summed E-state index contributed by atoms with van der Waals surface area (Å²) < 4.78 is 0. The smallest absolute Gasteiger partial charge is 0.307 e. The normalized spacial score (nSPS) is 13.0. The quantitative estimate of drug-likeness (QED) is 0.590. The van der Waals surface area contributed by atoms with Crippen molar-refractivity contribution < 1.29 is 9.90 Å². The summed E-state index contributed by atoms with van der Waals surface area (Å²) in [5.41, 5.74) is 0. The summed E-state index contributed by atoms with van der Waals surface area (Å²) in [6, 6.07) is 0. The molecule has 0 amide bonds. The topological polar surface area (TPSA) is 43.8 Å². The maximum absolute atomic E-state index is 10.8. The van der Waals surface area contributed by atoms with Crippen molar-refractivity contribution in [2.24, 2.45) is 5.92 Å². The Morgan fingerprint density at radius 3 is 2.24 bits per heavy atom. The van der Waals surface area contributed by atoms with Gasteiger partial charge >= 0.3 is 5.97 Å². The van der Waals surface area contributed by atoms with Gasteiger partial charge in [0, 0.05) is 26.2 Å². The van der Waals surface area contributed by atoms with E-state index in [0.717, 1.165) is 32.7 Å². The van der Waals surface area contributed by atoms with Gasteiger partial charge in [-0.15, -0.1) is 6.58 Å². The molecule has 4 nitrogen and oxygen atoms in total. The van der Waals surface area contributed by atoms with Crippen molar-refractivity contribution in [2.75, 3.05) is 39.3 Å². The van der Waals surface area contributed by atoms with Crippen LogP contribution in [0.3, 0.4) is 0 Å². The number of likely N-dealkylation sites (N-methyl/N-ethyl adjacent to an activating group) is 1. The van der Waals surface area contributed by atoms with Gasteiger partial charge in [-0.2, -0.15) is 0 Å². The van der Waals surface area contributed by atoms with Gasteiger partial charge in [0.05, 0.1) is 5.92 Å². The van der Waals surface area contributed by atoms with Crippen LogP contribution < -0.4 is 0 Å². The maximum atomic E-state index is 10.8. The molecule has 0 aromatic rings. The molecule has 0 aliphatic rings. The molecule has 1 atom stereocenters. The van der Waals surface area contributed by atoms with E-state index in [9.17, 15) is 4.79 Å². The largest absolute Gasteiger partial charge is 0.481 e. The lowest BCUT2D eigenvalue weighted by molar-refractivity contribution is -0.141. The Morgan fingerprint density at radius 2 is 1.82 bits per heavy atom. The van der Waals surface area contributed by atoms with Gasteiger partial charge < -0.3 is 10.0 Å². The van der Waals surface area contributed by atoms with Crippen molar-refractivity contribution in [3.63, 3.8) is 0 Å². The lowest BCUT2D eigenvalue weighted by Gasteiger charge is -2.26. The van der Waals surface area contributed by atoms with E-state index < -0.39 is 5.97 Å². The van der Waals surface area contributed by atoms with Crippen LogP contribution in [-0.4, -0.2) is 60.1 Å². The molecule has 4 heteroatoms. The second kappa shape index (κ2) is 9.19. The first kappa shape index (κ1) is 16.1. The van der Waals surface area contributed by atoms with E-state index in [4.69, 9.17) is 5.11 Å². The Balaban J connectivity index is 4.13. The van der Waals surface area contributed by atoms with Crippen molar-refractivity contribution >= 4 is 5.97 Å². The monoisotopic (exact) mass is 242 g/mol. The van der Waals surface area contributed by atoms with Crippen LogP contribution in [0.4, 0.5) is 0 Å². The lowest BCUT2D eigenvalue weighted by atomic mass is 10.1. The van der Waals surface area contributed by atoms with Gasteiger partial charge in [0.1, 0.15) is 0 Å². The van der Waals surface area contributed by atoms with Gasteiger partial charge in [-0.1, -0.05) is 26.8 Å². The molecule has 0 aromatic heterocycles. The van der Waals surface area contributed by atoms with Crippen LogP contribution in [0.5, 0.6) is 0 Å². The molecule has 0 radical (unpaired) electrons.